The van der Waals surface area contributed by atoms with Crippen molar-refractivity contribution in [3.8, 4) is 5.75 Å². The van der Waals surface area contributed by atoms with Crippen LogP contribution in [0.4, 0.5) is 0 Å². The zero-order chi connectivity index (χ0) is 16.9. The number of carbonyl (C=O) groups is 1. The van der Waals surface area contributed by atoms with Crippen LogP contribution in [-0.4, -0.2) is 17.0 Å². The van der Waals surface area contributed by atoms with Gasteiger partial charge in [-0.25, -0.2) is 0 Å². The van der Waals surface area contributed by atoms with Crippen LogP contribution in [0.5, 0.6) is 5.75 Å². The summed E-state index contributed by atoms with van der Waals surface area (Å²) in [6, 6.07) is 11.0. The van der Waals surface area contributed by atoms with Gasteiger partial charge in [-0.2, -0.15) is 0 Å². The largest absolute Gasteiger partial charge is 0.490 e. The molecule has 1 amide bonds. The molecule has 2 N–H and O–H groups in total. The fourth-order valence-corrected chi connectivity index (χ4v) is 2.97. The summed E-state index contributed by atoms with van der Waals surface area (Å²) in [5.41, 5.74) is 1.39. The molecule has 0 aliphatic heterocycles. The molecule has 5 nitrogen and oxygen atoms in total. The minimum absolute atomic E-state index is 0.120. The van der Waals surface area contributed by atoms with Gasteiger partial charge in [0, 0.05) is 17.8 Å². The molecule has 1 aromatic heterocycles. The normalized spacial score (nSPS) is 14.5. The van der Waals surface area contributed by atoms with E-state index in [-0.39, 0.29) is 23.1 Å². The number of amides is 1. The molecule has 0 unspecified atom stereocenters. The maximum atomic E-state index is 12.2. The van der Waals surface area contributed by atoms with Crippen LogP contribution in [0.25, 0.3) is 0 Å². The van der Waals surface area contributed by atoms with Crippen LogP contribution >= 0.6 is 0 Å². The SMILES string of the molecule is Cc1ccc(C(=O)NCc2ccccc2OC2CCCC2)c(=O)[nH]1. The number of para-hydroxylation sites is 1. The molecule has 1 aromatic carbocycles. The lowest BCUT2D eigenvalue weighted by molar-refractivity contribution is 0.0949. The predicted molar refractivity (Wildman–Crippen MR) is 92.3 cm³/mol. The molecule has 1 fully saturated rings. The second-order valence-electron chi connectivity index (χ2n) is 6.20. The highest BCUT2D eigenvalue weighted by molar-refractivity contribution is 5.93. The second-order valence-corrected chi connectivity index (χ2v) is 6.20. The number of aromatic nitrogens is 1. The van der Waals surface area contributed by atoms with E-state index in [0.717, 1.165) is 29.8 Å². The standard InChI is InChI=1S/C19H22N2O3/c1-13-10-11-16(19(23)21-13)18(22)20-12-14-6-2-5-9-17(14)24-15-7-3-4-8-15/h2,5-6,9-11,15H,3-4,7-8,12H2,1H3,(H,20,22)(H,21,23). The summed E-state index contributed by atoms with van der Waals surface area (Å²) in [5, 5.41) is 2.80. The predicted octanol–water partition coefficient (Wildman–Crippen LogP) is 2.93. The number of pyridine rings is 1. The Kier molecular flexibility index (Phi) is 4.99. The molecule has 1 heterocycles. The second kappa shape index (κ2) is 7.34. The van der Waals surface area contributed by atoms with Crippen LogP contribution in [0.1, 0.15) is 47.3 Å². The van der Waals surface area contributed by atoms with Gasteiger partial charge in [-0.15, -0.1) is 0 Å². The first-order valence-electron chi connectivity index (χ1n) is 8.36. The van der Waals surface area contributed by atoms with Crippen molar-refractivity contribution in [1.82, 2.24) is 10.3 Å². The maximum Gasteiger partial charge on any atom is 0.260 e. The quantitative estimate of drug-likeness (QED) is 0.887. The fourth-order valence-electron chi connectivity index (χ4n) is 2.97. The number of rotatable bonds is 5. The first kappa shape index (κ1) is 16.3. The van der Waals surface area contributed by atoms with E-state index in [4.69, 9.17) is 4.74 Å². The third-order valence-corrected chi connectivity index (χ3v) is 4.31. The Hall–Kier alpha value is -2.56. The van der Waals surface area contributed by atoms with Gasteiger partial charge in [-0.3, -0.25) is 9.59 Å². The average Bonchev–Trinajstić information content (AvgIpc) is 3.07. The summed E-state index contributed by atoms with van der Waals surface area (Å²) < 4.78 is 6.06. The van der Waals surface area contributed by atoms with E-state index in [1.165, 1.54) is 12.8 Å². The highest BCUT2D eigenvalue weighted by atomic mass is 16.5. The summed E-state index contributed by atoms with van der Waals surface area (Å²) in [6.07, 6.45) is 4.85. The lowest BCUT2D eigenvalue weighted by Crippen LogP contribution is -2.29. The lowest BCUT2D eigenvalue weighted by atomic mass is 10.1. The first-order valence-corrected chi connectivity index (χ1v) is 8.36. The molecule has 0 radical (unpaired) electrons. The van der Waals surface area contributed by atoms with Gasteiger partial charge in [0.25, 0.3) is 11.5 Å². The van der Waals surface area contributed by atoms with Crippen molar-refractivity contribution in [3.05, 3.63) is 63.6 Å². The van der Waals surface area contributed by atoms with Crippen LogP contribution in [0, 0.1) is 6.92 Å². The molecule has 24 heavy (non-hydrogen) atoms. The number of H-pyrrole nitrogens is 1. The molecule has 1 aliphatic rings. The van der Waals surface area contributed by atoms with Gasteiger partial charge in [0.1, 0.15) is 11.3 Å². The van der Waals surface area contributed by atoms with Crippen LogP contribution in [0.15, 0.2) is 41.2 Å². The summed E-state index contributed by atoms with van der Waals surface area (Å²) in [7, 11) is 0. The Morgan fingerprint density at radius 3 is 2.71 bits per heavy atom. The molecule has 0 bridgehead atoms. The van der Waals surface area contributed by atoms with Gasteiger partial charge < -0.3 is 15.0 Å². The molecule has 1 saturated carbocycles. The number of carbonyl (C=O) groups excluding carboxylic acids is 1. The van der Waals surface area contributed by atoms with Crippen molar-refractivity contribution in [2.45, 2.75) is 45.3 Å². The number of aromatic amines is 1. The molecular weight excluding hydrogens is 304 g/mol. The molecule has 1 aliphatic carbocycles. The zero-order valence-corrected chi connectivity index (χ0v) is 13.8. The van der Waals surface area contributed by atoms with Crippen molar-refractivity contribution >= 4 is 5.91 Å². The van der Waals surface area contributed by atoms with Crippen molar-refractivity contribution in [1.29, 1.82) is 0 Å². The Bertz CT molecular complexity index is 776. The van der Waals surface area contributed by atoms with E-state index in [2.05, 4.69) is 10.3 Å². The number of aryl methyl sites for hydroxylation is 1. The maximum absolute atomic E-state index is 12.2. The third-order valence-electron chi connectivity index (χ3n) is 4.31. The Morgan fingerprint density at radius 2 is 1.96 bits per heavy atom. The van der Waals surface area contributed by atoms with Crippen LogP contribution in [0.2, 0.25) is 0 Å². The Labute approximate surface area is 141 Å². The number of ether oxygens (including phenoxy) is 1. The highest BCUT2D eigenvalue weighted by Gasteiger charge is 2.18. The molecule has 3 rings (SSSR count). The molecule has 5 heteroatoms. The summed E-state index contributed by atoms with van der Waals surface area (Å²) >= 11 is 0. The number of hydrogen-bond donors (Lipinski definition) is 2. The summed E-state index contributed by atoms with van der Waals surface area (Å²) in [6.45, 7) is 2.11. The lowest BCUT2D eigenvalue weighted by Gasteiger charge is -2.16. The topological polar surface area (TPSA) is 71.2 Å². The molecule has 2 aromatic rings. The Balaban J connectivity index is 1.67. The number of benzene rings is 1. The molecule has 0 spiro atoms. The zero-order valence-electron chi connectivity index (χ0n) is 13.8. The monoisotopic (exact) mass is 326 g/mol. The highest BCUT2D eigenvalue weighted by Crippen LogP contribution is 2.26. The van der Waals surface area contributed by atoms with E-state index >= 15 is 0 Å². The van der Waals surface area contributed by atoms with Gasteiger partial charge >= 0.3 is 0 Å². The van der Waals surface area contributed by atoms with Gasteiger partial charge in [0.05, 0.1) is 6.10 Å². The van der Waals surface area contributed by atoms with E-state index < -0.39 is 0 Å². The average molecular weight is 326 g/mol. The van der Waals surface area contributed by atoms with Gasteiger partial charge in [-0.05, 0) is 50.8 Å². The fraction of sp³-hybridized carbons (Fsp3) is 0.368. The van der Waals surface area contributed by atoms with Crippen molar-refractivity contribution in [2.75, 3.05) is 0 Å². The molecule has 0 saturated heterocycles. The molecular formula is C19H22N2O3. The van der Waals surface area contributed by atoms with Crippen molar-refractivity contribution < 1.29 is 9.53 Å². The van der Waals surface area contributed by atoms with Crippen LogP contribution in [0.3, 0.4) is 0 Å². The van der Waals surface area contributed by atoms with E-state index in [1.807, 2.05) is 24.3 Å². The van der Waals surface area contributed by atoms with Gasteiger partial charge in [0.15, 0.2) is 0 Å². The number of nitrogens with one attached hydrogen (secondary N) is 2. The molecule has 0 atom stereocenters. The smallest absolute Gasteiger partial charge is 0.260 e. The molecule has 126 valence electrons. The Morgan fingerprint density at radius 1 is 1.21 bits per heavy atom. The minimum atomic E-state index is -0.382. The first-order chi connectivity index (χ1) is 11.6. The van der Waals surface area contributed by atoms with E-state index in [1.54, 1.807) is 19.1 Å². The van der Waals surface area contributed by atoms with Crippen LogP contribution in [-0.2, 0) is 6.54 Å². The number of hydrogen-bond acceptors (Lipinski definition) is 3. The van der Waals surface area contributed by atoms with Crippen molar-refractivity contribution in [3.63, 3.8) is 0 Å². The van der Waals surface area contributed by atoms with E-state index in [0.29, 0.717) is 6.54 Å². The van der Waals surface area contributed by atoms with Crippen LogP contribution < -0.4 is 15.6 Å². The third kappa shape index (κ3) is 3.85. The van der Waals surface area contributed by atoms with Crippen molar-refractivity contribution in [2.24, 2.45) is 0 Å². The summed E-state index contributed by atoms with van der Waals surface area (Å²) in [4.78, 5) is 26.7. The van der Waals surface area contributed by atoms with Gasteiger partial charge in [0.2, 0.25) is 0 Å². The van der Waals surface area contributed by atoms with Gasteiger partial charge in [-0.1, -0.05) is 18.2 Å². The summed E-state index contributed by atoms with van der Waals surface area (Å²) in [5.74, 6) is 0.425. The minimum Gasteiger partial charge on any atom is -0.490 e. The van der Waals surface area contributed by atoms with E-state index in [9.17, 15) is 9.59 Å².